The van der Waals surface area contributed by atoms with Crippen molar-refractivity contribution >= 4 is 34.3 Å². The Balaban J connectivity index is 1.72. The lowest BCUT2D eigenvalue weighted by atomic mass is 9.98. The van der Waals surface area contributed by atoms with E-state index in [1.807, 2.05) is 60.4 Å². The number of pyridine rings is 1. The van der Waals surface area contributed by atoms with Crippen LogP contribution in [0.5, 0.6) is 0 Å². The van der Waals surface area contributed by atoms with Crippen molar-refractivity contribution in [2.75, 3.05) is 19.7 Å². The van der Waals surface area contributed by atoms with Crippen molar-refractivity contribution in [3.8, 4) is 11.1 Å². The van der Waals surface area contributed by atoms with Crippen molar-refractivity contribution in [2.24, 2.45) is 10.7 Å². The molecule has 2 aromatic carbocycles. The van der Waals surface area contributed by atoms with Crippen LogP contribution in [0.2, 0.25) is 0 Å². The van der Waals surface area contributed by atoms with Gasteiger partial charge in [-0.2, -0.15) is 0 Å². The van der Waals surface area contributed by atoms with E-state index >= 15 is 0 Å². The first-order chi connectivity index (χ1) is 17.4. The number of hydrogen-bond donors (Lipinski definition) is 2. The highest BCUT2D eigenvalue weighted by atomic mass is 16.3. The number of aromatic nitrogens is 1. The summed E-state index contributed by atoms with van der Waals surface area (Å²) in [6.45, 7) is 7.65. The minimum atomic E-state index is -0.104. The molecular weight excluding hydrogens is 452 g/mol. The molecule has 3 N–H and O–H groups in total. The van der Waals surface area contributed by atoms with Crippen LogP contribution in [0, 0.1) is 6.92 Å². The molecule has 4 rings (SSSR count). The van der Waals surface area contributed by atoms with Crippen molar-refractivity contribution in [1.82, 2.24) is 9.47 Å². The molecule has 36 heavy (non-hydrogen) atoms. The molecule has 0 saturated heterocycles. The molecule has 1 aromatic heterocycles. The van der Waals surface area contributed by atoms with Gasteiger partial charge in [-0.25, -0.2) is 4.99 Å². The Morgan fingerprint density at radius 2 is 1.78 bits per heavy atom. The molecular formula is C29H34N4O3. The summed E-state index contributed by atoms with van der Waals surface area (Å²) in [4.78, 5) is 32.6. The Labute approximate surface area is 211 Å². The lowest BCUT2D eigenvalue weighted by molar-refractivity contribution is -0.127. The second-order valence-electron chi connectivity index (χ2n) is 9.28. The number of amides is 1. The van der Waals surface area contributed by atoms with Gasteiger partial charge in [0.15, 0.2) is 0 Å². The third kappa shape index (κ3) is 5.11. The van der Waals surface area contributed by atoms with Crippen LogP contribution in [0.3, 0.4) is 0 Å². The molecule has 0 spiro atoms. The minimum absolute atomic E-state index is 0.0190. The molecule has 0 bridgehead atoms. The van der Waals surface area contributed by atoms with E-state index in [1.54, 1.807) is 4.57 Å². The molecule has 3 aromatic rings. The standard InChI is InChI=1S/C29H34N4O3/c1-4-10-32(11-5-2)28(35)24-16-22-7-6-21(17-26(22)31-27(30)18-24)20-8-9-25-23(15-20)14-19(3)33(12-13-34)29(25)36/h6-9,14-17,34H,4-5,10-13,18H2,1-3H3,(H2,30,31). The fourth-order valence-corrected chi connectivity index (χ4v) is 4.81. The predicted octanol–water partition coefficient (Wildman–Crippen LogP) is 4.39. The average molecular weight is 487 g/mol. The predicted molar refractivity (Wildman–Crippen MR) is 147 cm³/mol. The first kappa shape index (κ1) is 25.4. The van der Waals surface area contributed by atoms with Gasteiger partial charge >= 0.3 is 0 Å². The van der Waals surface area contributed by atoms with Crippen molar-refractivity contribution in [3.63, 3.8) is 0 Å². The number of hydrogen-bond acceptors (Lipinski definition) is 5. The third-order valence-corrected chi connectivity index (χ3v) is 6.52. The van der Waals surface area contributed by atoms with Crippen molar-refractivity contribution in [2.45, 2.75) is 46.6 Å². The summed E-state index contributed by atoms with van der Waals surface area (Å²) in [5.41, 5.74) is 11.1. The number of aliphatic hydroxyl groups excluding tert-OH is 1. The van der Waals surface area contributed by atoms with E-state index in [4.69, 9.17) is 5.73 Å². The Morgan fingerprint density at radius 3 is 2.47 bits per heavy atom. The molecule has 0 fully saturated rings. The Morgan fingerprint density at radius 1 is 1.08 bits per heavy atom. The topological polar surface area (TPSA) is 101 Å². The minimum Gasteiger partial charge on any atom is -0.395 e. The van der Waals surface area contributed by atoms with Gasteiger partial charge in [0.05, 0.1) is 12.3 Å². The zero-order chi connectivity index (χ0) is 25.8. The quantitative estimate of drug-likeness (QED) is 0.493. The summed E-state index contributed by atoms with van der Waals surface area (Å²) in [7, 11) is 0. The normalized spacial score (nSPS) is 13.1. The SMILES string of the molecule is CCCN(CCC)C(=O)C1=Cc2ccc(-c3ccc4c(=O)n(CCO)c(C)cc4c3)cc2N=C(N)C1. The number of amidine groups is 1. The zero-order valence-corrected chi connectivity index (χ0v) is 21.3. The second-order valence-corrected chi connectivity index (χ2v) is 9.28. The highest BCUT2D eigenvalue weighted by molar-refractivity contribution is 6.05. The number of nitrogens with zero attached hydrogens (tertiary/aromatic N) is 3. The van der Waals surface area contributed by atoms with E-state index in [0.29, 0.717) is 23.2 Å². The van der Waals surface area contributed by atoms with Crippen LogP contribution >= 0.6 is 0 Å². The maximum atomic E-state index is 13.2. The van der Waals surface area contributed by atoms with E-state index in [-0.39, 0.29) is 24.6 Å². The third-order valence-electron chi connectivity index (χ3n) is 6.52. The lowest BCUT2D eigenvalue weighted by Crippen LogP contribution is -2.34. The number of carbonyl (C=O) groups excluding carboxylic acids is 1. The van der Waals surface area contributed by atoms with E-state index in [1.165, 1.54) is 0 Å². The van der Waals surface area contributed by atoms with Crippen LogP contribution in [-0.2, 0) is 11.3 Å². The van der Waals surface area contributed by atoms with Crippen molar-refractivity contribution in [3.05, 3.63) is 69.6 Å². The molecule has 0 radical (unpaired) electrons. The number of aliphatic hydroxyl groups is 1. The van der Waals surface area contributed by atoms with Gasteiger partial charge in [-0.15, -0.1) is 0 Å². The molecule has 1 aliphatic heterocycles. The van der Waals surface area contributed by atoms with Crippen LogP contribution in [0.15, 0.2) is 57.8 Å². The van der Waals surface area contributed by atoms with Crippen LogP contribution in [0.4, 0.5) is 5.69 Å². The van der Waals surface area contributed by atoms with E-state index in [0.717, 1.165) is 59.4 Å². The van der Waals surface area contributed by atoms with Crippen LogP contribution in [0.25, 0.3) is 28.0 Å². The van der Waals surface area contributed by atoms with Crippen LogP contribution in [-0.4, -0.2) is 46.0 Å². The molecule has 7 nitrogen and oxygen atoms in total. The van der Waals surface area contributed by atoms with Gasteiger partial charge in [-0.1, -0.05) is 32.0 Å². The van der Waals surface area contributed by atoms with Gasteiger partial charge in [-0.3, -0.25) is 9.59 Å². The second kappa shape index (κ2) is 10.9. The van der Waals surface area contributed by atoms with Gasteiger partial charge in [0, 0.05) is 48.3 Å². The molecule has 0 saturated carbocycles. The number of aryl methyl sites for hydroxylation is 1. The number of benzene rings is 2. The summed E-state index contributed by atoms with van der Waals surface area (Å²) in [6.07, 6.45) is 4.05. The van der Waals surface area contributed by atoms with E-state index < -0.39 is 0 Å². The molecule has 1 aliphatic rings. The summed E-state index contributed by atoms with van der Waals surface area (Å²) in [5.74, 6) is 0.433. The van der Waals surface area contributed by atoms with Crippen LogP contribution in [0.1, 0.15) is 44.4 Å². The van der Waals surface area contributed by atoms with Gasteiger partial charge in [0.1, 0.15) is 5.84 Å². The van der Waals surface area contributed by atoms with Crippen molar-refractivity contribution < 1.29 is 9.90 Å². The largest absolute Gasteiger partial charge is 0.395 e. The first-order valence-electron chi connectivity index (χ1n) is 12.6. The summed E-state index contributed by atoms with van der Waals surface area (Å²) < 4.78 is 1.59. The summed E-state index contributed by atoms with van der Waals surface area (Å²) in [5, 5.41) is 10.8. The highest BCUT2D eigenvalue weighted by Gasteiger charge is 2.21. The number of carbonyl (C=O) groups is 1. The molecule has 0 unspecified atom stereocenters. The number of aliphatic imine (C=N–C) groups is 1. The Kier molecular flexibility index (Phi) is 7.70. The van der Waals surface area contributed by atoms with Crippen LogP contribution < -0.4 is 11.3 Å². The van der Waals surface area contributed by atoms with Gasteiger partial charge in [0.25, 0.3) is 5.56 Å². The molecule has 188 valence electrons. The number of nitrogens with two attached hydrogens (primary N) is 1. The summed E-state index contributed by atoms with van der Waals surface area (Å²) in [6, 6.07) is 13.7. The molecule has 1 amide bonds. The van der Waals surface area contributed by atoms with E-state index in [9.17, 15) is 14.7 Å². The van der Waals surface area contributed by atoms with Gasteiger partial charge in [-0.05, 0) is 66.6 Å². The monoisotopic (exact) mass is 486 g/mol. The fourth-order valence-electron chi connectivity index (χ4n) is 4.81. The smallest absolute Gasteiger partial charge is 0.258 e. The fraction of sp³-hybridized carbons (Fsp3) is 0.345. The van der Waals surface area contributed by atoms with Gasteiger partial charge < -0.3 is 20.3 Å². The maximum Gasteiger partial charge on any atom is 0.258 e. The van der Waals surface area contributed by atoms with Gasteiger partial charge in [0.2, 0.25) is 5.91 Å². The van der Waals surface area contributed by atoms with Crippen molar-refractivity contribution in [1.29, 1.82) is 0 Å². The van der Waals surface area contributed by atoms with E-state index in [2.05, 4.69) is 18.8 Å². The average Bonchev–Trinajstić information content (AvgIpc) is 3.03. The first-order valence-corrected chi connectivity index (χ1v) is 12.6. The Bertz CT molecular complexity index is 1410. The molecule has 2 heterocycles. The number of fused-ring (bicyclic) bond motifs is 2. The number of rotatable bonds is 8. The maximum absolute atomic E-state index is 13.2. The zero-order valence-electron chi connectivity index (χ0n) is 21.3. The lowest BCUT2D eigenvalue weighted by Gasteiger charge is -2.22. The molecule has 0 atom stereocenters. The molecule has 0 aliphatic carbocycles. The summed E-state index contributed by atoms with van der Waals surface area (Å²) >= 11 is 0. The highest BCUT2D eigenvalue weighted by Crippen LogP contribution is 2.33. The Hall–Kier alpha value is -3.71. The molecule has 7 heteroatoms.